The molecule has 20 heavy (non-hydrogen) atoms. The van der Waals surface area contributed by atoms with Crippen molar-refractivity contribution in [3.05, 3.63) is 23.2 Å². The highest BCUT2D eigenvalue weighted by Crippen LogP contribution is 2.25. The lowest BCUT2D eigenvalue weighted by Crippen LogP contribution is -2.47. The van der Waals surface area contributed by atoms with Crippen molar-refractivity contribution in [2.45, 2.75) is 39.3 Å². The van der Waals surface area contributed by atoms with Gasteiger partial charge in [0.25, 0.3) is 0 Å². The molecule has 2 atom stereocenters. The van der Waals surface area contributed by atoms with Crippen molar-refractivity contribution >= 4 is 5.97 Å². The molecule has 112 valence electrons. The van der Waals surface area contributed by atoms with E-state index in [4.69, 9.17) is 14.9 Å². The monoisotopic (exact) mass is 280 g/mol. The van der Waals surface area contributed by atoms with Crippen molar-refractivity contribution in [1.29, 1.82) is 0 Å². The number of methoxy groups -OCH3 is 1. The van der Waals surface area contributed by atoms with Crippen LogP contribution in [0.2, 0.25) is 0 Å². The second kappa shape index (κ2) is 6.41. The largest absolute Gasteiger partial charge is 0.463 e. The van der Waals surface area contributed by atoms with Crippen LogP contribution in [0.25, 0.3) is 0 Å². The highest BCUT2D eigenvalue weighted by atomic mass is 16.5. The number of carbonyl (C=O) groups is 1. The van der Waals surface area contributed by atoms with Crippen LogP contribution >= 0.6 is 0 Å². The number of furan rings is 1. The molecule has 1 saturated heterocycles. The molecule has 1 aromatic rings. The van der Waals surface area contributed by atoms with Gasteiger partial charge < -0.3 is 14.9 Å². The maximum Gasteiger partial charge on any atom is 0.374 e. The number of hydrogen-bond donors (Lipinski definition) is 1. The molecule has 2 heterocycles. The van der Waals surface area contributed by atoms with E-state index in [9.17, 15) is 4.79 Å². The molecule has 0 amide bonds. The molecule has 1 aliphatic rings. The van der Waals surface area contributed by atoms with Gasteiger partial charge in [0.1, 0.15) is 5.76 Å². The maximum atomic E-state index is 11.6. The quantitative estimate of drug-likeness (QED) is 0.854. The van der Waals surface area contributed by atoms with E-state index in [0.29, 0.717) is 30.8 Å². The zero-order valence-electron chi connectivity index (χ0n) is 12.5. The lowest BCUT2D eigenvalue weighted by atomic mass is 9.91. The van der Waals surface area contributed by atoms with Crippen molar-refractivity contribution in [2.24, 2.45) is 11.7 Å². The molecule has 0 saturated carbocycles. The van der Waals surface area contributed by atoms with Crippen LogP contribution < -0.4 is 5.73 Å². The van der Waals surface area contributed by atoms with Gasteiger partial charge in [0, 0.05) is 18.2 Å². The number of carbonyl (C=O) groups excluding carboxylic acids is 1. The zero-order valence-corrected chi connectivity index (χ0v) is 12.5. The Hall–Kier alpha value is -1.33. The standard InChI is InChI=1S/C15H24N2O3/c1-10-5-4-6-17(13(10)8-16)9-12-7-11(2)14(20-12)15(18)19-3/h7,10,13H,4-6,8-9,16H2,1-3H3. The van der Waals surface area contributed by atoms with E-state index in [0.717, 1.165) is 17.9 Å². The van der Waals surface area contributed by atoms with Crippen LogP contribution in [0.15, 0.2) is 10.5 Å². The van der Waals surface area contributed by atoms with E-state index in [1.165, 1.54) is 20.0 Å². The van der Waals surface area contributed by atoms with Crippen molar-refractivity contribution in [3.63, 3.8) is 0 Å². The fourth-order valence-corrected chi connectivity index (χ4v) is 3.03. The lowest BCUT2D eigenvalue weighted by molar-refractivity contribution is 0.0553. The second-order valence-corrected chi connectivity index (χ2v) is 5.61. The summed E-state index contributed by atoms with van der Waals surface area (Å²) in [4.78, 5) is 13.9. The molecule has 0 radical (unpaired) electrons. The summed E-state index contributed by atoms with van der Waals surface area (Å²) in [6, 6.07) is 2.30. The second-order valence-electron chi connectivity index (χ2n) is 5.61. The van der Waals surface area contributed by atoms with Gasteiger partial charge in [-0.3, -0.25) is 4.90 Å². The Morgan fingerprint density at radius 1 is 1.60 bits per heavy atom. The summed E-state index contributed by atoms with van der Waals surface area (Å²) in [5, 5.41) is 0. The minimum atomic E-state index is -0.420. The van der Waals surface area contributed by atoms with Gasteiger partial charge in [0.15, 0.2) is 0 Å². The van der Waals surface area contributed by atoms with Crippen LogP contribution in [0, 0.1) is 12.8 Å². The van der Waals surface area contributed by atoms with E-state index >= 15 is 0 Å². The molecule has 2 unspecified atom stereocenters. The van der Waals surface area contributed by atoms with Crippen LogP contribution in [0.1, 0.15) is 41.6 Å². The lowest BCUT2D eigenvalue weighted by Gasteiger charge is -2.38. The third-order valence-corrected chi connectivity index (χ3v) is 4.17. The Balaban J connectivity index is 2.11. The van der Waals surface area contributed by atoms with E-state index in [2.05, 4.69) is 11.8 Å². The van der Waals surface area contributed by atoms with Gasteiger partial charge in [-0.2, -0.15) is 0 Å². The van der Waals surface area contributed by atoms with E-state index in [1.54, 1.807) is 0 Å². The average Bonchev–Trinajstić information content (AvgIpc) is 2.79. The van der Waals surface area contributed by atoms with Crippen LogP contribution in [0.3, 0.4) is 0 Å². The summed E-state index contributed by atoms with van der Waals surface area (Å²) in [6.07, 6.45) is 2.41. The van der Waals surface area contributed by atoms with Crippen molar-refractivity contribution in [1.82, 2.24) is 4.90 Å². The zero-order chi connectivity index (χ0) is 14.7. The van der Waals surface area contributed by atoms with Crippen LogP contribution in [-0.2, 0) is 11.3 Å². The third-order valence-electron chi connectivity index (χ3n) is 4.17. The third kappa shape index (κ3) is 3.04. The van der Waals surface area contributed by atoms with Crippen LogP contribution in [-0.4, -0.2) is 37.1 Å². The first-order valence-electron chi connectivity index (χ1n) is 7.18. The molecule has 0 spiro atoms. The van der Waals surface area contributed by atoms with Gasteiger partial charge in [-0.15, -0.1) is 0 Å². The topological polar surface area (TPSA) is 68.7 Å². The Kier molecular flexibility index (Phi) is 4.83. The van der Waals surface area contributed by atoms with Crippen LogP contribution in [0.4, 0.5) is 0 Å². The Morgan fingerprint density at radius 2 is 2.35 bits per heavy atom. The Bertz CT molecular complexity index is 470. The number of likely N-dealkylation sites (tertiary alicyclic amines) is 1. The van der Waals surface area contributed by atoms with Gasteiger partial charge in [-0.1, -0.05) is 6.92 Å². The number of hydrogen-bond acceptors (Lipinski definition) is 5. The molecule has 5 heteroatoms. The summed E-state index contributed by atoms with van der Waals surface area (Å²) in [5.74, 6) is 1.29. The molecule has 2 rings (SSSR count). The molecule has 1 aromatic heterocycles. The molecule has 0 aromatic carbocycles. The average molecular weight is 280 g/mol. The first-order valence-corrected chi connectivity index (χ1v) is 7.18. The maximum absolute atomic E-state index is 11.6. The molecule has 1 aliphatic heterocycles. The molecular formula is C15H24N2O3. The van der Waals surface area contributed by atoms with Crippen molar-refractivity contribution in [2.75, 3.05) is 20.2 Å². The van der Waals surface area contributed by atoms with Gasteiger partial charge in [0.2, 0.25) is 5.76 Å². The number of esters is 1. The Morgan fingerprint density at radius 3 is 3.00 bits per heavy atom. The fraction of sp³-hybridized carbons (Fsp3) is 0.667. The van der Waals surface area contributed by atoms with E-state index in [-0.39, 0.29) is 0 Å². The molecule has 0 aliphatic carbocycles. The number of piperidine rings is 1. The van der Waals surface area contributed by atoms with Crippen LogP contribution in [0.5, 0.6) is 0 Å². The smallest absolute Gasteiger partial charge is 0.374 e. The SMILES string of the molecule is COC(=O)c1oc(CN2CCCC(C)C2CN)cc1C. The minimum absolute atomic E-state index is 0.303. The predicted octanol–water partition coefficient (Wildman–Crippen LogP) is 1.93. The summed E-state index contributed by atoms with van der Waals surface area (Å²) in [7, 11) is 1.36. The van der Waals surface area contributed by atoms with Crippen molar-refractivity contribution in [3.8, 4) is 0 Å². The number of nitrogens with two attached hydrogens (primary N) is 1. The summed E-state index contributed by atoms with van der Waals surface area (Å²) < 4.78 is 10.4. The molecule has 1 fully saturated rings. The van der Waals surface area contributed by atoms with Gasteiger partial charge >= 0.3 is 5.97 Å². The first kappa shape index (κ1) is 15.1. The van der Waals surface area contributed by atoms with Gasteiger partial charge in [-0.05, 0) is 38.3 Å². The Labute approximate surface area is 120 Å². The number of nitrogens with zero attached hydrogens (tertiary/aromatic N) is 1. The predicted molar refractivity (Wildman–Crippen MR) is 76.4 cm³/mol. The van der Waals surface area contributed by atoms with E-state index in [1.807, 2.05) is 13.0 Å². The highest BCUT2D eigenvalue weighted by Gasteiger charge is 2.28. The molecular weight excluding hydrogens is 256 g/mol. The highest BCUT2D eigenvalue weighted by molar-refractivity contribution is 5.87. The fourth-order valence-electron chi connectivity index (χ4n) is 3.03. The first-order chi connectivity index (χ1) is 9.56. The van der Waals surface area contributed by atoms with Gasteiger partial charge in [-0.25, -0.2) is 4.79 Å². The normalized spacial score (nSPS) is 23.8. The summed E-state index contributed by atoms with van der Waals surface area (Å²) in [6.45, 7) is 6.49. The molecule has 2 N–H and O–H groups in total. The van der Waals surface area contributed by atoms with Gasteiger partial charge in [0.05, 0.1) is 13.7 Å². The number of rotatable bonds is 4. The number of ether oxygens (including phenoxy) is 1. The number of aryl methyl sites for hydroxylation is 1. The van der Waals surface area contributed by atoms with E-state index < -0.39 is 5.97 Å². The molecule has 5 nitrogen and oxygen atoms in total. The summed E-state index contributed by atoms with van der Waals surface area (Å²) in [5.41, 5.74) is 6.72. The van der Waals surface area contributed by atoms with Crippen molar-refractivity contribution < 1.29 is 13.9 Å². The molecule has 0 bridgehead atoms. The minimum Gasteiger partial charge on any atom is -0.463 e. The summed E-state index contributed by atoms with van der Waals surface area (Å²) >= 11 is 0.